The summed E-state index contributed by atoms with van der Waals surface area (Å²) in [5.41, 5.74) is 0.142. The van der Waals surface area contributed by atoms with E-state index < -0.39 is 48.8 Å². The van der Waals surface area contributed by atoms with Gasteiger partial charge in [0, 0.05) is 12.1 Å². The molecular formula is C19H19N5O9S. The predicted octanol–water partition coefficient (Wildman–Crippen LogP) is -0.170. The minimum absolute atomic E-state index is 0.141. The van der Waals surface area contributed by atoms with Crippen molar-refractivity contribution in [3.8, 4) is 0 Å². The number of hydrogen-bond donors (Lipinski definition) is 0. The quantitative estimate of drug-likeness (QED) is 0.216. The number of esters is 2. The molecule has 2 saturated heterocycles. The standard InChI is InChI=1S/C19H19N5O9S/c1-19(10-22-8-13(20-21-22)17(26)32-2)16(23-14(25)7-15(23)34(19,30)31)18(27)33-9-11-3-5-12(6-4-11)24(28)29/h3-6,8,15-16H,7,9-10H2,1-2H3/t15-,16-,19-/m0/s1. The van der Waals surface area contributed by atoms with Crippen LogP contribution in [0.4, 0.5) is 5.69 Å². The van der Waals surface area contributed by atoms with Crippen LogP contribution in [-0.4, -0.2) is 74.4 Å². The van der Waals surface area contributed by atoms with Crippen molar-refractivity contribution in [2.45, 2.75) is 42.7 Å². The van der Waals surface area contributed by atoms with Crippen molar-refractivity contribution in [1.29, 1.82) is 0 Å². The Kier molecular flexibility index (Phi) is 5.59. The Balaban J connectivity index is 1.59. The lowest BCUT2D eigenvalue weighted by Crippen LogP contribution is -2.58. The Morgan fingerprint density at radius 3 is 2.56 bits per heavy atom. The number of nitrogens with zero attached hydrogens (tertiary/aromatic N) is 5. The molecule has 34 heavy (non-hydrogen) atoms. The van der Waals surface area contributed by atoms with Gasteiger partial charge >= 0.3 is 11.9 Å². The van der Waals surface area contributed by atoms with E-state index in [1.165, 1.54) is 37.4 Å². The van der Waals surface area contributed by atoms with Gasteiger partial charge in [-0.2, -0.15) is 0 Å². The van der Waals surface area contributed by atoms with Crippen LogP contribution >= 0.6 is 0 Å². The molecule has 180 valence electrons. The summed E-state index contributed by atoms with van der Waals surface area (Å²) in [7, 11) is -2.89. The summed E-state index contributed by atoms with van der Waals surface area (Å²) < 4.78 is 35.7. The van der Waals surface area contributed by atoms with Gasteiger partial charge in [-0.15, -0.1) is 5.10 Å². The van der Waals surface area contributed by atoms with Crippen LogP contribution in [-0.2, 0) is 42.1 Å². The van der Waals surface area contributed by atoms with E-state index in [1.807, 2.05) is 0 Å². The van der Waals surface area contributed by atoms with Gasteiger partial charge in [-0.1, -0.05) is 5.21 Å². The fourth-order valence-electron chi connectivity index (χ4n) is 4.11. The second kappa shape index (κ2) is 8.16. The molecule has 2 aliphatic heterocycles. The monoisotopic (exact) mass is 493 g/mol. The van der Waals surface area contributed by atoms with E-state index in [4.69, 9.17) is 4.74 Å². The molecule has 1 aromatic heterocycles. The first kappa shape index (κ1) is 23.3. The lowest BCUT2D eigenvalue weighted by atomic mass is 9.96. The number of hydrogen-bond acceptors (Lipinski definition) is 11. The van der Waals surface area contributed by atoms with Gasteiger partial charge in [-0.3, -0.25) is 14.9 Å². The molecule has 1 amide bonds. The molecule has 0 spiro atoms. The number of fused-ring (bicyclic) bond motifs is 1. The van der Waals surface area contributed by atoms with Crippen molar-refractivity contribution >= 4 is 33.4 Å². The molecule has 0 aliphatic carbocycles. The minimum Gasteiger partial charge on any atom is -0.464 e. The number of nitro benzene ring substituents is 1. The maximum atomic E-state index is 13.3. The predicted molar refractivity (Wildman–Crippen MR) is 111 cm³/mol. The van der Waals surface area contributed by atoms with E-state index in [9.17, 15) is 32.9 Å². The summed E-state index contributed by atoms with van der Waals surface area (Å²) in [5.74, 6) is -2.24. The summed E-state index contributed by atoms with van der Waals surface area (Å²) in [6.07, 6.45) is 0.929. The second-order valence-corrected chi connectivity index (χ2v) is 10.6. The molecule has 2 aromatic rings. The second-order valence-electron chi connectivity index (χ2n) is 8.04. The van der Waals surface area contributed by atoms with Crippen LogP contribution in [0.25, 0.3) is 0 Å². The zero-order valence-corrected chi connectivity index (χ0v) is 18.8. The van der Waals surface area contributed by atoms with Crippen molar-refractivity contribution in [3.05, 3.63) is 51.8 Å². The summed E-state index contributed by atoms with van der Waals surface area (Å²) in [6, 6.07) is 3.82. The Hall–Kier alpha value is -3.88. The van der Waals surface area contributed by atoms with Gasteiger partial charge in [0.25, 0.3) is 5.69 Å². The van der Waals surface area contributed by atoms with Gasteiger partial charge in [0.1, 0.15) is 16.7 Å². The summed E-state index contributed by atoms with van der Waals surface area (Å²) in [4.78, 5) is 48.2. The number of rotatable bonds is 7. The largest absolute Gasteiger partial charge is 0.464 e. The molecule has 14 nitrogen and oxygen atoms in total. The smallest absolute Gasteiger partial charge is 0.360 e. The number of nitro groups is 1. The topological polar surface area (TPSA) is 181 Å². The van der Waals surface area contributed by atoms with E-state index in [-0.39, 0.29) is 31.0 Å². The number of non-ortho nitro benzene ring substituents is 1. The minimum atomic E-state index is -4.04. The zero-order chi connectivity index (χ0) is 24.8. The maximum Gasteiger partial charge on any atom is 0.360 e. The molecule has 15 heteroatoms. The highest BCUT2D eigenvalue weighted by molar-refractivity contribution is 7.93. The fourth-order valence-corrected chi connectivity index (χ4v) is 6.47. The number of β-lactam (4-membered cyclic amide) rings is 1. The summed E-state index contributed by atoms with van der Waals surface area (Å²) in [6.45, 7) is 0.647. The molecule has 0 N–H and O–H groups in total. The Bertz CT molecular complexity index is 1290. The average molecular weight is 493 g/mol. The van der Waals surface area contributed by atoms with Crippen molar-refractivity contribution in [2.24, 2.45) is 0 Å². The molecule has 0 radical (unpaired) electrons. The Morgan fingerprint density at radius 2 is 1.97 bits per heavy atom. The number of benzene rings is 1. The number of carbonyl (C=O) groups excluding carboxylic acids is 3. The van der Waals surface area contributed by atoms with Crippen molar-refractivity contribution in [3.63, 3.8) is 0 Å². The third kappa shape index (κ3) is 3.57. The SMILES string of the molecule is COC(=O)c1cn(C[C@@]2(C)[C@H](C(=O)OCc3ccc([N+](=O)[O-])cc3)N3C(=O)C[C@@H]3S2(=O)=O)nn1. The van der Waals surface area contributed by atoms with Gasteiger partial charge in [0.05, 0.1) is 31.2 Å². The van der Waals surface area contributed by atoms with Crippen LogP contribution in [0.2, 0.25) is 0 Å². The average Bonchev–Trinajstić information content (AvgIpc) is 3.31. The first-order valence-electron chi connectivity index (χ1n) is 9.92. The third-order valence-electron chi connectivity index (χ3n) is 5.97. The molecule has 4 rings (SSSR count). The van der Waals surface area contributed by atoms with Crippen LogP contribution in [0.15, 0.2) is 30.5 Å². The summed E-state index contributed by atoms with van der Waals surface area (Å²) >= 11 is 0. The van der Waals surface area contributed by atoms with Gasteiger partial charge < -0.3 is 14.4 Å². The molecule has 0 bridgehead atoms. The number of ether oxygens (including phenoxy) is 2. The first-order chi connectivity index (χ1) is 16.0. The fraction of sp³-hybridized carbons (Fsp3) is 0.421. The first-order valence-corrected chi connectivity index (χ1v) is 11.5. The molecule has 1 aromatic carbocycles. The Labute approximate surface area is 192 Å². The van der Waals surface area contributed by atoms with E-state index in [2.05, 4.69) is 15.0 Å². The number of methoxy groups -OCH3 is 1. The van der Waals surface area contributed by atoms with Gasteiger partial charge in [-0.05, 0) is 24.6 Å². The molecule has 2 aliphatic rings. The van der Waals surface area contributed by atoms with Crippen molar-refractivity contribution in [1.82, 2.24) is 19.9 Å². The number of amides is 1. The van der Waals surface area contributed by atoms with E-state index in [0.717, 1.165) is 16.7 Å². The van der Waals surface area contributed by atoms with Gasteiger partial charge in [-0.25, -0.2) is 22.7 Å². The molecule has 3 atom stereocenters. The molecule has 0 saturated carbocycles. The van der Waals surface area contributed by atoms with Crippen LogP contribution in [0.5, 0.6) is 0 Å². The molecular weight excluding hydrogens is 474 g/mol. The van der Waals surface area contributed by atoms with Crippen molar-refractivity contribution < 1.29 is 37.2 Å². The van der Waals surface area contributed by atoms with Gasteiger partial charge in [0.15, 0.2) is 21.6 Å². The zero-order valence-electron chi connectivity index (χ0n) is 18.0. The van der Waals surface area contributed by atoms with Crippen LogP contribution in [0, 0.1) is 10.1 Å². The van der Waals surface area contributed by atoms with E-state index >= 15 is 0 Å². The van der Waals surface area contributed by atoms with Crippen LogP contribution < -0.4 is 0 Å². The number of sulfone groups is 1. The van der Waals surface area contributed by atoms with Crippen LogP contribution in [0.1, 0.15) is 29.4 Å². The highest BCUT2D eigenvalue weighted by atomic mass is 32.2. The van der Waals surface area contributed by atoms with Crippen molar-refractivity contribution in [2.75, 3.05) is 7.11 Å². The lowest BCUT2D eigenvalue weighted by molar-refractivity contribution is -0.384. The highest BCUT2D eigenvalue weighted by Crippen LogP contribution is 2.47. The normalized spacial score (nSPS) is 24.8. The number of aromatic nitrogens is 3. The van der Waals surface area contributed by atoms with E-state index in [1.54, 1.807) is 0 Å². The summed E-state index contributed by atoms with van der Waals surface area (Å²) in [5, 5.41) is 17.0. The maximum absolute atomic E-state index is 13.3. The molecule has 3 heterocycles. The van der Waals surface area contributed by atoms with E-state index in [0.29, 0.717) is 5.56 Å². The number of carbonyl (C=O) groups is 3. The third-order valence-corrected chi connectivity index (χ3v) is 8.74. The lowest BCUT2D eigenvalue weighted by Gasteiger charge is -2.36. The Morgan fingerprint density at radius 1 is 1.29 bits per heavy atom. The highest BCUT2D eigenvalue weighted by Gasteiger charge is 2.70. The van der Waals surface area contributed by atoms with Gasteiger partial charge in [0.2, 0.25) is 5.91 Å². The molecule has 2 fully saturated rings. The molecule has 0 unspecified atom stereocenters. The van der Waals surface area contributed by atoms with Crippen LogP contribution in [0.3, 0.4) is 0 Å².